The van der Waals surface area contributed by atoms with Gasteiger partial charge >= 0.3 is 6.03 Å². The van der Waals surface area contributed by atoms with Gasteiger partial charge in [0.25, 0.3) is 11.8 Å². The van der Waals surface area contributed by atoms with Crippen molar-refractivity contribution in [1.82, 2.24) is 16.0 Å². The Labute approximate surface area is 155 Å². The van der Waals surface area contributed by atoms with E-state index in [1.807, 2.05) is 0 Å². The highest BCUT2D eigenvalue weighted by atomic mass is 19.1. The van der Waals surface area contributed by atoms with Crippen LogP contribution in [-0.4, -0.2) is 41.9 Å². The Balaban J connectivity index is 1.94. The fourth-order valence-electron chi connectivity index (χ4n) is 2.53. The van der Waals surface area contributed by atoms with Gasteiger partial charge in [-0.2, -0.15) is 5.10 Å². The molecule has 1 saturated heterocycles. The minimum atomic E-state index is -1.27. The molecule has 10 heteroatoms. The molecule has 1 aliphatic rings. The maximum Gasteiger partial charge on any atom is 0.322 e. The molecule has 0 aliphatic carbocycles. The number of benzene rings is 1. The molecule has 1 fully saturated rings. The number of nitrogens with one attached hydrogen (secondary N) is 5. The standard InChI is InChI=1S/C17H21FN6O3/c1-9(2)17(15(26)22-16(27)23-17)8-20-14(25)12(19)7-21-24-13-5-4-11(18)6-10(13)3/h4-7,9,19,24H,8H2,1-3H3,(H,20,25)(H2,22,23,26,27)/b19-12?,21-7-. The van der Waals surface area contributed by atoms with E-state index in [4.69, 9.17) is 5.41 Å². The van der Waals surface area contributed by atoms with E-state index < -0.39 is 29.1 Å². The first kappa shape index (κ1) is 20.0. The maximum atomic E-state index is 13.0. The van der Waals surface area contributed by atoms with E-state index in [0.717, 1.165) is 6.21 Å². The van der Waals surface area contributed by atoms with Gasteiger partial charge in [0.1, 0.15) is 17.1 Å². The molecule has 1 aliphatic heterocycles. The van der Waals surface area contributed by atoms with Gasteiger partial charge in [0.2, 0.25) is 0 Å². The number of rotatable bonds is 7. The first-order valence-electron chi connectivity index (χ1n) is 8.21. The molecule has 9 nitrogen and oxygen atoms in total. The van der Waals surface area contributed by atoms with Crippen LogP contribution in [0, 0.1) is 24.1 Å². The number of nitrogens with zero attached hydrogens (tertiary/aromatic N) is 1. The summed E-state index contributed by atoms with van der Waals surface area (Å²) in [6.45, 7) is 4.99. The van der Waals surface area contributed by atoms with E-state index in [9.17, 15) is 18.8 Å². The summed E-state index contributed by atoms with van der Waals surface area (Å²) in [6.07, 6.45) is 0.994. The summed E-state index contributed by atoms with van der Waals surface area (Å²) in [4.78, 5) is 35.5. The molecule has 0 aromatic heterocycles. The highest BCUT2D eigenvalue weighted by Gasteiger charge is 2.48. The van der Waals surface area contributed by atoms with Crippen LogP contribution >= 0.6 is 0 Å². The molecule has 4 amide bonds. The van der Waals surface area contributed by atoms with Crippen LogP contribution in [-0.2, 0) is 9.59 Å². The zero-order valence-corrected chi connectivity index (χ0v) is 15.1. The molecule has 1 unspecified atom stereocenters. The summed E-state index contributed by atoms with van der Waals surface area (Å²) < 4.78 is 13.0. The number of hydrogen-bond donors (Lipinski definition) is 5. The zero-order chi connectivity index (χ0) is 20.2. The smallest absolute Gasteiger partial charge is 0.322 e. The molecular weight excluding hydrogens is 355 g/mol. The molecule has 0 radical (unpaired) electrons. The maximum absolute atomic E-state index is 13.0. The number of amides is 4. The number of urea groups is 1. The van der Waals surface area contributed by atoms with E-state index in [2.05, 4.69) is 26.5 Å². The fraction of sp³-hybridized carbons (Fsp3) is 0.353. The normalized spacial score (nSPS) is 19.1. The van der Waals surface area contributed by atoms with Crippen molar-refractivity contribution in [2.45, 2.75) is 26.3 Å². The molecule has 0 bridgehead atoms. The minimum Gasteiger partial charge on any atom is -0.348 e. The molecule has 1 heterocycles. The van der Waals surface area contributed by atoms with Crippen molar-refractivity contribution in [2.24, 2.45) is 11.0 Å². The Morgan fingerprint density at radius 2 is 2.11 bits per heavy atom. The molecule has 5 N–H and O–H groups in total. The first-order valence-corrected chi connectivity index (χ1v) is 8.21. The van der Waals surface area contributed by atoms with Gasteiger partial charge in [-0.3, -0.25) is 25.7 Å². The fourth-order valence-corrected chi connectivity index (χ4v) is 2.53. The third kappa shape index (κ3) is 4.46. The molecule has 0 saturated carbocycles. The Kier molecular flexibility index (Phi) is 5.88. The van der Waals surface area contributed by atoms with Gasteiger partial charge in [-0.15, -0.1) is 0 Å². The summed E-state index contributed by atoms with van der Waals surface area (Å²) in [5.74, 6) is -1.95. The SMILES string of the molecule is Cc1cc(F)ccc1N/N=C\C(=N)C(=O)NCC1(C(C)C)NC(=O)NC1=O. The Hall–Kier alpha value is -3.30. The number of carbonyl (C=O) groups is 3. The van der Waals surface area contributed by atoms with E-state index in [0.29, 0.717) is 11.3 Å². The molecule has 144 valence electrons. The van der Waals surface area contributed by atoms with E-state index in [-0.39, 0.29) is 18.3 Å². The molecule has 27 heavy (non-hydrogen) atoms. The number of anilines is 1. The zero-order valence-electron chi connectivity index (χ0n) is 15.1. The Bertz CT molecular complexity index is 823. The quantitative estimate of drug-likeness (QED) is 0.274. The van der Waals surface area contributed by atoms with Crippen molar-refractivity contribution >= 4 is 35.5 Å². The lowest BCUT2D eigenvalue weighted by Gasteiger charge is -2.30. The summed E-state index contributed by atoms with van der Waals surface area (Å²) in [5.41, 5.74) is 2.05. The van der Waals surface area contributed by atoms with Crippen LogP contribution in [0.3, 0.4) is 0 Å². The lowest BCUT2D eigenvalue weighted by molar-refractivity contribution is -0.125. The molecular formula is C17H21FN6O3. The lowest BCUT2D eigenvalue weighted by Crippen LogP contribution is -2.59. The van der Waals surface area contributed by atoms with Gasteiger partial charge in [0.15, 0.2) is 0 Å². The third-order valence-electron chi connectivity index (χ3n) is 4.29. The first-order chi connectivity index (χ1) is 12.7. The van der Waals surface area contributed by atoms with Crippen molar-refractivity contribution in [3.05, 3.63) is 29.6 Å². The van der Waals surface area contributed by atoms with Gasteiger partial charge in [-0.1, -0.05) is 13.8 Å². The third-order valence-corrected chi connectivity index (χ3v) is 4.29. The molecule has 1 atom stereocenters. The second kappa shape index (κ2) is 7.94. The topological polar surface area (TPSA) is 136 Å². The van der Waals surface area contributed by atoms with Crippen LogP contribution in [0.25, 0.3) is 0 Å². The summed E-state index contributed by atoms with van der Waals surface area (Å²) in [6, 6.07) is 3.44. The molecule has 1 aromatic rings. The van der Waals surface area contributed by atoms with Gasteiger partial charge < -0.3 is 10.6 Å². The van der Waals surface area contributed by atoms with Gasteiger partial charge in [-0.05, 0) is 36.6 Å². The molecule has 0 spiro atoms. The minimum absolute atomic E-state index is 0.165. The van der Waals surface area contributed by atoms with Gasteiger partial charge in [0.05, 0.1) is 18.4 Å². The predicted octanol–water partition coefficient (Wildman–Crippen LogP) is 0.902. The largest absolute Gasteiger partial charge is 0.348 e. The number of aryl methyl sites for hydroxylation is 1. The van der Waals surface area contributed by atoms with Crippen LogP contribution in [0.15, 0.2) is 23.3 Å². The van der Waals surface area contributed by atoms with Crippen molar-refractivity contribution in [1.29, 1.82) is 5.41 Å². The number of imide groups is 1. The van der Waals surface area contributed by atoms with Crippen molar-refractivity contribution < 1.29 is 18.8 Å². The van der Waals surface area contributed by atoms with Crippen LogP contribution in [0.2, 0.25) is 0 Å². The average Bonchev–Trinajstić information content (AvgIpc) is 2.89. The Morgan fingerprint density at radius 1 is 1.41 bits per heavy atom. The molecule has 1 aromatic carbocycles. The monoisotopic (exact) mass is 376 g/mol. The Morgan fingerprint density at radius 3 is 2.67 bits per heavy atom. The van der Waals surface area contributed by atoms with Crippen molar-refractivity contribution in [2.75, 3.05) is 12.0 Å². The van der Waals surface area contributed by atoms with Crippen molar-refractivity contribution in [3.63, 3.8) is 0 Å². The van der Waals surface area contributed by atoms with E-state index >= 15 is 0 Å². The second-order valence-corrected chi connectivity index (χ2v) is 6.46. The van der Waals surface area contributed by atoms with E-state index in [1.165, 1.54) is 18.2 Å². The average molecular weight is 376 g/mol. The van der Waals surface area contributed by atoms with Crippen LogP contribution in [0.5, 0.6) is 0 Å². The second-order valence-electron chi connectivity index (χ2n) is 6.46. The van der Waals surface area contributed by atoms with Crippen LogP contribution in [0.4, 0.5) is 14.9 Å². The number of hydrogen-bond acceptors (Lipinski definition) is 6. The van der Waals surface area contributed by atoms with Gasteiger partial charge in [-0.25, -0.2) is 9.18 Å². The highest BCUT2D eigenvalue weighted by Crippen LogP contribution is 2.20. The van der Waals surface area contributed by atoms with Crippen LogP contribution in [0.1, 0.15) is 19.4 Å². The predicted molar refractivity (Wildman–Crippen MR) is 98.2 cm³/mol. The van der Waals surface area contributed by atoms with Gasteiger partial charge in [0, 0.05) is 0 Å². The summed E-state index contributed by atoms with van der Waals surface area (Å²) in [5, 5.41) is 18.6. The summed E-state index contributed by atoms with van der Waals surface area (Å²) in [7, 11) is 0. The summed E-state index contributed by atoms with van der Waals surface area (Å²) >= 11 is 0. The highest BCUT2D eigenvalue weighted by molar-refractivity contribution is 6.59. The number of hydrazone groups is 1. The number of halogens is 1. The molecule has 2 rings (SSSR count). The number of carbonyl (C=O) groups excluding carboxylic acids is 3. The van der Waals surface area contributed by atoms with Crippen LogP contribution < -0.4 is 21.4 Å². The lowest BCUT2D eigenvalue weighted by atomic mass is 9.86. The van der Waals surface area contributed by atoms with Crippen molar-refractivity contribution in [3.8, 4) is 0 Å². The van der Waals surface area contributed by atoms with E-state index in [1.54, 1.807) is 20.8 Å².